The Morgan fingerprint density at radius 3 is 2.74 bits per heavy atom. The normalized spacial score (nSPS) is 11.5. The van der Waals surface area contributed by atoms with Gasteiger partial charge in [0.2, 0.25) is 5.91 Å². The minimum Gasteiger partial charge on any atom is -0.493 e. The number of benzene rings is 2. The number of nitrogens with one attached hydrogen (secondary N) is 1. The van der Waals surface area contributed by atoms with E-state index in [0.717, 1.165) is 22.3 Å². The van der Waals surface area contributed by atoms with Crippen molar-refractivity contribution in [1.29, 1.82) is 0 Å². The van der Waals surface area contributed by atoms with Crippen molar-refractivity contribution in [2.24, 2.45) is 0 Å². The molecule has 0 fully saturated rings. The molecular weight excluding hydrogens is 384 g/mol. The number of carbonyl (C=O) groups is 1. The minimum atomic E-state index is -3.27. The van der Waals surface area contributed by atoms with E-state index >= 15 is 0 Å². The van der Waals surface area contributed by atoms with E-state index in [2.05, 4.69) is 10.3 Å². The molecule has 0 saturated carbocycles. The molecule has 3 rings (SSSR count). The molecule has 0 atom stereocenters. The first kappa shape index (κ1) is 19.3. The lowest BCUT2D eigenvalue weighted by atomic mass is 10.2. The van der Waals surface area contributed by atoms with E-state index in [0.29, 0.717) is 30.1 Å². The SMILES string of the molecule is Cc1ccccc1OCCCC(=O)Nc1nc2ccc(S(C)(=O)=O)cc2s1. The number of ether oxygens (including phenoxy) is 1. The van der Waals surface area contributed by atoms with Crippen molar-refractivity contribution < 1.29 is 17.9 Å². The van der Waals surface area contributed by atoms with Gasteiger partial charge in [0.05, 0.1) is 21.7 Å². The third-order valence-electron chi connectivity index (χ3n) is 3.93. The number of para-hydroxylation sites is 1. The summed E-state index contributed by atoms with van der Waals surface area (Å²) in [7, 11) is -3.27. The second-order valence-corrected chi connectivity index (χ2v) is 9.23. The van der Waals surface area contributed by atoms with Gasteiger partial charge in [0.15, 0.2) is 15.0 Å². The highest BCUT2D eigenvalue weighted by Gasteiger charge is 2.12. The van der Waals surface area contributed by atoms with Gasteiger partial charge in [-0.1, -0.05) is 29.5 Å². The maximum Gasteiger partial charge on any atom is 0.226 e. The number of hydrogen-bond acceptors (Lipinski definition) is 6. The number of anilines is 1. The van der Waals surface area contributed by atoms with Gasteiger partial charge < -0.3 is 10.1 Å². The van der Waals surface area contributed by atoms with E-state index < -0.39 is 9.84 Å². The van der Waals surface area contributed by atoms with Crippen LogP contribution in [0.1, 0.15) is 18.4 Å². The van der Waals surface area contributed by atoms with Crippen LogP contribution in [-0.4, -0.2) is 32.2 Å². The summed E-state index contributed by atoms with van der Waals surface area (Å²) in [4.78, 5) is 16.7. The summed E-state index contributed by atoms with van der Waals surface area (Å²) in [5.41, 5.74) is 1.72. The van der Waals surface area contributed by atoms with Crippen LogP contribution in [-0.2, 0) is 14.6 Å². The zero-order chi connectivity index (χ0) is 19.4. The predicted octanol–water partition coefficient (Wildman–Crippen LogP) is 3.81. The zero-order valence-corrected chi connectivity index (χ0v) is 16.7. The van der Waals surface area contributed by atoms with Crippen LogP contribution < -0.4 is 10.1 Å². The van der Waals surface area contributed by atoms with Gasteiger partial charge in [-0.25, -0.2) is 13.4 Å². The molecule has 142 valence electrons. The first-order valence-corrected chi connectivity index (χ1v) is 11.1. The molecule has 0 saturated heterocycles. The lowest BCUT2D eigenvalue weighted by molar-refractivity contribution is -0.116. The Balaban J connectivity index is 1.54. The Morgan fingerprint density at radius 2 is 2.00 bits per heavy atom. The molecule has 27 heavy (non-hydrogen) atoms. The molecular formula is C19H20N2O4S2. The highest BCUT2D eigenvalue weighted by Crippen LogP contribution is 2.28. The quantitative estimate of drug-likeness (QED) is 0.605. The van der Waals surface area contributed by atoms with Crippen molar-refractivity contribution in [3.8, 4) is 5.75 Å². The molecule has 1 aromatic heterocycles. The number of rotatable bonds is 7. The molecule has 1 heterocycles. The van der Waals surface area contributed by atoms with Crippen molar-refractivity contribution in [2.75, 3.05) is 18.2 Å². The first-order chi connectivity index (χ1) is 12.8. The number of carbonyl (C=O) groups excluding carboxylic acids is 1. The van der Waals surface area contributed by atoms with Crippen LogP contribution in [0, 0.1) is 6.92 Å². The van der Waals surface area contributed by atoms with Crippen LogP contribution in [0.4, 0.5) is 5.13 Å². The van der Waals surface area contributed by atoms with Gasteiger partial charge in [0.1, 0.15) is 5.75 Å². The predicted molar refractivity (Wildman–Crippen MR) is 107 cm³/mol. The fourth-order valence-corrected chi connectivity index (χ4v) is 4.15. The lowest BCUT2D eigenvalue weighted by Gasteiger charge is -2.08. The van der Waals surface area contributed by atoms with Gasteiger partial charge in [-0.05, 0) is 43.2 Å². The average molecular weight is 405 g/mol. The fourth-order valence-electron chi connectivity index (χ4n) is 2.50. The number of aromatic nitrogens is 1. The van der Waals surface area contributed by atoms with Crippen LogP contribution in [0.3, 0.4) is 0 Å². The van der Waals surface area contributed by atoms with E-state index in [1.165, 1.54) is 17.4 Å². The third kappa shape index (κ3) is 5.05. The monoisotopic (exact) mass is 404 g/mol. The maximum atomic E-state index is 12.1. The van der Waals surface area contributed by atoms with Crippen molar-refractivity contribution in [3.05, 3.63) is 48.0 Å². The second kappa shape index (κ2) is 8.06. The van der Waals surface area contributed by atoms with Gasteiger partial charge in [-0.2, -0.15) is 0 Å². The summed E-state index contributed by atoms with van der Waals surface area (Å²) in [6.45, 7) is 2.43. The van der Waals surface area contributed by atoms with Crippen LogP contribution >= 0.6 is 11.3 Å². The molecule has 0 radical (unpaired) electrons. The Morgan fingerprint density at radius 1 is 1.22 bits per heavy atom. The number of fused-ring (bicyclic) bond motifs is 1. The van der Waals surface area contributed by atoms with Gasteiger partial charge >= 0.3 is 0 Å². The zero-order valence-electron chi connectivity index (χ0n) is 15.1. The second-order valence-electron chi connectivity index (χ2n) is 6.19. The third-order valence-corrected chi connectivity index (χ3v) is 5.98. The van der Waals surface area contributed by atoms with E-state index in [9.17, 15) is 13.2 Å². The van der Waals surface area contributed by atoms with Crippen LogP contribution in [0.5, 0.6) is 5.75 Å². The first-order valence-electron chi connectivity index (χ1n) is 8.42. The summed E-state index contributed by atoms with van der Waals surface area (Å²) >= 11 is 1.26. The highest BCUT2D eigenvalue weighted by atomic mass is 32.2. The van der Waals surface area contributed by atoms with E-state index in [1.54, 1.807) is 12.1 Å². The summed E-state index contributed by atoms with van der Waals surface area (Å²) in [5.74, 6) is 0.677. The molecule has 1 N–H and O–H groups in total. The standard InChI is InChI=1S/C19H20N2O4S2/c1-13-6-3-4-7-16(13)25-11-5-8-18(22)21-19-20-15-10-9-14(27(2,23)24)12-17(15)26-19/h3-4,6-7,9-10,12H,5,8,11H2,1-2H3,(H,20,21,22). The van der Waals surface area contributed by atoms with Gasteiger partial charge in [0.25, 0.3) is 0 Å². The Bertz CT molecular complexity index is 1070. The van der Waals surface area contributed by atoms with Crippen LogP contribution in [0.2, 0.25) is 0 Å². The number of nitrogens with zero attached hydrogens (tertiary/aromatic N) is 1. The summed E-state index contributed by atoms with van der Waals surface area (Å²) in [6.07, 6.45) is 2.07. The van der Waals surface area contributed by atoms with E-state index in [-0.39, 0.29) is 10.8 Å². The van der Waals surface area contributed by atoms with Crippen LogP contribution in [0.15, 0.2) is 47.4 Å². The molecule has 0 aliphatic carbocycles. The Kier molecular flexibility index (Phi) is 5.76. The van der Waals surface area contributed by atoms with Gasteiger partial charge in [-0.15, -0.1) is 0 Å². The average Bonchev–Trinajstić information content (AvgIpc) is 3.00. The van der Waals surface area contributed by atoms with E-state index in [4.69, 9.17) is 4.74 Å². The van der Waals surface area contributed by atoms with Crippen LogP contribution in [0.25, 0.3) is 10.2 Å². The van der Waals surface area contributed by atoms with Crippen molar-refractivity contribution in [1.82, 2.24) is 4.98 Å². The molecule has 8 heteroatoms. The number of sulfone groups is 1. The summed E-state index contributed by atoms with van der Waals surface area (Å²) in [5, 5.41) is 3.22. The summed E-state index contributed by atoms with van der Waals surface area (Å²) < 4.78 is 29.7. The molecule has 0 aliphatic rings. The molecule has 3 aromatic rings. The molecule has 0 unspecified atom stereocenters. The Labute approximate surface area is 162 Å². The van der Waals surface area contributed by atoms with Gasteiger partial charge in [-0.3, -0.25) is 4.79 Å². The van der Waals surface area contributed by atoms with Gasteiger partial charge in [0, 0.05) is 12.7 Å². The fraction of sp³-hybridized carbons (Fsp3) is 0.263. The topological polar surface area (TPSA) is 85.4 Å². The Hall–Kier alpha value is -2.45. The lowest BCUT2D eigenvalue weighted by Crippen LogP contribution is -2.12. The van der Waals surface area contributed by atoms with Crippen molar-refractivity contribution >= 4 is 42.4 Å². The number of aryl methyl sites for hydroxylation is 1. The molecule has 2 aromatic carbocycles. The van der Waals surface area contributed by atoms with Crippen molar-refractivity contribution in [3.63, 3.8) is 0 Å². The molecule has 0 spiro atoms. The largest absolute Gasteiger partial charge is 0.493 e. The smallest absolute Gasteiger partial charge is 0.226 e. The van der Waals surface area contributed by atoms with E-state index in [1.807, 2.05) is 31.2 Å². The maximum absolute atomic E-state index is 12.1. The molecule has 1 amide bonds. The number of thiazole rings is 1. The number of hydrogen-bond donors (Lipinski definition) is 1. The minimum absolute atomic E-state index is 0.147. The highest BCUT2D eigenvalue weighted by molar-refractivity contribution is 7.90. The summed E-state index contributed by atoms with van der Waals surface area (Å²) in [6, 6.07) is 12.5. The molecule has 6 nitrogen and oxygen atoms in total. The van der Waals surface area contributed by atoms with Crippen molar-refractivity contribution in [2.45, 2.75) is 24.7 Å². The molecule has 0 bridgehead atoms. The number of amides is 1. The molecule has 0 aliphatic heterocycles.